The number of nitrogens with zero attached hydrogens (tertiary/aromatic N) is 1. The first kappa shape index (κ1) is 16.0. The number of phenols is 1. The van der Waals surface area contributed by atoms with Crippen LogP contribution in [0.15, 0.2) is 0 Å². The molecule has 134 valence electrons. The van der Waals surface area contributed by atoms with Gasteiger partial charge in [0, 0.05) is 32.3 Å². The molecule has 25 heavy (non-hydrogen) atoms. The van der Waals surface area contributed by atoms with Crippen LogP contribution in [0.3, 0.4) is 0 Å². The number of phenolic OH excluding ortho intramolecular Hbond substituents is 1. The highest BCUT2D eigenvalue weighted by Gasteiger charge is 2.36. The molecule has 2 N–H and O–H groups in total. The van der Waals surface area contributed by atoms with Crippen LogP contribution in [0.4, 0.5) is 0 Å². The van der Waals surface area contributed by atoms with Crippen molar-refractivity contribution in [2.75, 3.05) is 27.0 Å². The molecule has 3 aliphatic rings. The molecule has 0 aromatic heterocycles. The zero-order valence-electron chi connectivity index (χ0n) is 14.0. The maximum absolute atomic E-state index is 12.5. The standard InChI is InChI=1S/C17H20N2O6/c1-19-5-4-9-10(7-18-16(21)11-3-2-6-23-11)14-15(25-8-24-14)13(20)12(9)17(19)22/h11,20H,2-8H2,1H3,(H,18,21)/t11-/m0/s1. The Labute approximate surface area is 144 Å². The van der Waals surface area contributed by atoms with Crippen LogP contribution in [-0.4, -0.2) is 54.9 Å². The predicted octanol–water partition coefficient (Wildman–Crippen LogP) is 0.544. The quantitative estimate of drug-likeness (QED) is 0.828. The summed E-state index contributed by atoms with van der Waals surface area (Å²) in [5, 5.41) is 13.3. The van der Waals surface area contributed by atoms with Gasteiger partial charge in [-0.25, -0.2) is 0 Å². The fourth-order valence-corrected chi connectivity index (χ4v) is 3.56. The topological polar surface area (TPSA) is 97.3 Å². The molecule has 4 rings (SSSR count). The lowest BCUT2D eigenvalue weighted by Crippen LogP contribution is -2.37. The molecule has 1 aromatic rings. The van der Waals surface area contributed by atoms with E-state index in [0.717, 1.165) is 6.42 Å². The van der Waals surface area contributed by atoms with Crippen LogP contribution in [0.1, 0.15) is 34.3 Å². The second kappa shape index (κ2) is 6.11. The summed E-state index contributed by atoms with van der Waals surface area (Å²) in [4.78, 5) is 26.3. The third-order valence-corrected chi connectivity index (χ3v) is 4.92. The van der Waals surface area contributed by atoms with Crippen molar-refractivity contribution < 1.29 is 28.9 Å². The molecule has 1 atom stereocenters. The van der Waals surface area contributed by atoms with Gasteiger partial charge in [0.05, 0.1) is 5.56 Å². The molecule has 0 aliphatic carbocycles. The first-order chi connectivity index (χ1) is 12.1. The predicted molar refractivity (Wildman–Crippen MR) is 85.7 cm³/mol. The molecule has 3 aliphatic heterocycles. The van der Waals surface area contributed by atoms with E-state index in [0.29, 0.717) is 42.9 Å². The van der Waals surface area contributed by atoms with Crippen molar-refractivity contribution in [2.24, 2.45) is 0 Å². The van der Waals surface area contributed by atoms with Gasteiger partial charge >= 0.3 is 0 Å². The number of aromatic hydroxyl groups is 1. The maximum Gasteiger partial charge on any atom is 0.257 e. The van der Waals surface area contributed by atoms with E-state index in [1.165, 1.54) is 0 Å². The van der Waals surface area contributed by atoms with Crippen molar-refractivity contribution in [1.29, 1.82) is 0 Å². The summed E-state index contributed by atoms with van der Waals surface area (Å²) in [6, 6.07) is 0. The van der Waals surface area contributed by atoms with Crippen molar-refractivity contribution >= 4 is 11.8 Å². The second-order valence-corrected chi connectivity index (χ2v) is 6.44. The molecule has 0 radical (unpaired) electrons. The first-order valence-electron chi connectivity index (χ1n) is 8.39. The van der Waals surface area contributed by atoms with Crippen LogP contribution in [0.2, 0.25) is 0 Å². The highest BCUT2D eigenvalue weighted by Crippen LogP contribution is 2.48. The number of hydrogen-bond donors (Lipinski definition) is 2. The van der Waals surface area contributed by atoms with E-state index in [4.69, 9.17) is 14.2 Å². The minimum Gasteiger partial charge on any atom is -0.504 e. The van der Waals surface area contributed by atoms with E-state index in [-0.39, 0.29) is 42.2 Å². The third-order valence-electron chi connectivity index (χ3n) is 4.92. The first-order valence-corrected chi connectivity index (χ1v) is 8.39. The highest BCUT2D eigenvalue weighted by atomic mass is 16.7. The van der Waals surface area contributed by atoms with Crippen molar-refractivity contribution in [3.63, 3.8) is 0 Å². The van der Waals surface area contributed by atoms with E-state index in [1.807, 2.05) is 0 Å². The Morgan fingerprint density at radius 1 is 1.36 bits per heavy atom. The average molecular weight is 348 g/mol. The van der Waals surface area contributed by atoms with E-state index >= 15 is 0 Å². The molecule has 1 saturated heterocycles. The maximum atomic E-state index is 12.5. The summed E-state index contributed by atoms with van der Waals surface area (Å²) in [5.41, 5.74) is 1.63. The van der Waals surface area contributed by atoms with Gasteiger partial charge in [0.15, 0.2) is 11.5 Å². The number of carbonyl (C=O) groups excluding carboxylic acids is 2. The van der Waals surface area contributed by atoms with E-state index in [2.05, 4.69) is 5.32 Å². The van der Waals surface area contributed by atoms with Gasteiger partial charge in [-0.1, -0.05) is 0 Å². The fraction of sp³-hybridized carbons (Fsp3) is 0.529. The van der Waals surface area contributed by atoms with Gasteiger partial charge in [0.1, 0.15) is 6.10 Å². The number of ether oxygens (including phenoxy) is 3. The number of nitrogens with one attached hydrogen (secondary N) is 1. The highest BCUT2D eigenvalue weighted by molar-refractivity contribution is 6.01. The molecule has 2 amide bonds. The van der Waals surface area contributed by atoms with Crippen LogP contribution in [-0.2, 0) is 22.5 Å². The number of hydrogen-bond acceptors (Lipinski definition) is 6. The average Bonchev–Trinajstić information content (AvgIpc) is 3.28. The zero-order valence-corrected chi connectivity index (χ0v) is 14.0. The van der Waals surface area contributed by atoms with Crippen molar-refractivity contribution in [2.45, 2.75) is 31.9 Å². The molecule has 1 aromatic carbocycles. The molecule has 0 bridgehead atoms. The van der Waals surface area contributed by atoms with Crippen LogP contribution in [0.25, 0.3) is 0 Å². The van der Waals surface area contributed by atoms with E-state index in [9.17, 15) is 14.7 Å². The summed E-state index contributed by atoms with van der Waals surface area (Å²) in [6.07, 6.45) is 1.73. The van der Waals surface area contributed by atoms with Crippen LogP contribution >= 0.6 is 0 Å². The number of fused-ring (bicyclic) bond motifs is 2. The van der Waals surface area contributed by atoms with Gasteiger partial charge in [0.25, 0.3) is 5.91 Å². The zero-order chi connectivity index (χ0) is 17.6. The number of carbonyl (C=O) groups is 2. The molecule has 0 saturated carbocycles. The second-order valence-electron chi connectivity index (χ2n) is 6.44. The molecule has 8 nitrogen and oxygen atoms in total. The number of likely N-dealkylation sites (N-methyl/N-ethyl adjacent to an activating group) is 1. The van der Waals surface area contributed by atoms with Gasteiger partial charge in [-0.05, 0) is 24.8 Å². The minimum absolute atomic E-state index is 0.0253. The van der Waals surface area contributed by atoms with Crippen LogP contribution in [0.5, 0.6) is 17.2 Å². The summed E-state index contributed by atoms with van der Waals surface area (Å²) in [5.74, 6) is -0.0479. The lowest BCUT2D eigenvalue weighted by atomic mass is 9.91. The molecule has 0 unspecified atom stereocenters. The lowest BCUT2D eigenvalue weighted by Gasteiger charge is -2.28. The van der Waals surface area contributed by atoms with Crippen molar-refractivity contribution in [1.82, 2.24) is 10.2 Å². The van der Waals surface area contributed by atoms with Gasteiger partial charge in [-0.3, -0.25) is 9.59 Å². The van der Waals surface area contributed by atoms with E-state index < -0.39 is 6.10 Å². The number of amides is 2. The largest absolute Gasteiger partial charge is 0.504 e. The molecule has 0 spiro atoms. The van der Waals surface area contributed by atoms with Crippen molar-refractivity contribution in [3.8, 4) is 17.2 Å². The van der Waals surface area contributed by atoms with Gasteiger partial charge in [-0.2, -0.15) is 0 Å². The summed E-state index contributed by atoms with van der Waals surface area (Å²) in [7, 11) is 1.69. The SMILES string of the molecule is CN1CCc2c(CNC(=O)[C@@H]3CCCO3)c3c(c(O)c2C1=O)OCO3. The number of rotatable bonds is 3. The Kier molecular flexibility index (Phi) is 3.91. The van der Waals surface area contributed by atoms with Gasteiger partial charge in [-0.15, -0.1) is 0 Å². The van der Waals surface area contributed by atoms with Gasteiger partial charge < -0.3 is 29.5 Å². The molecule has 1 fully saturated rings. The molecular formula is C17H20N2O6. The molecular weight excluding hydrogens is 328 g/mol. The Bertz CT molecular complexity index is 741. The Morgan fingerprint density at radius 3 is 2.92 bits per heavy atom. The number of benzene rings is 1. The van der Waals surface area contributed by atoms with Crippen molar-refractivity contribution in [3.05, 3.63) is 16.7 Å². The Hall–Kier alpha value is -2.48. The molecule has 8 heteroatoms. The van der Waals surface area contributed by atoms with Gasteiger partial charge in [0.2, 0.25) is 18.4 Å². The summed E-state index contributed by atoms with van der Waals surface area (Å²) >= 11 is 0. The monoisotopic (exact) mass is 348 g/mol. The van der Waals surface area contributed by atoms with E-state index in [1.54, 1.807) is 11.9 Å². The third kappa shape index (κ3) is 2.57. The minimum atomic E-state index is -0.425. The van der Waals surface area contributed by atoms with Crippen LogP contribution < -0.4 is 14.8 Å². The fourth-order valence-electron chi connectivity index (χ4n) is 3.56. The Balaban J connectivity index is 1.68. The summed E-state index contributed by atoms with van der Waals surface area (Å²) < 4.78 is 16.2. The smallest absolute Gasteiger partial charge is 0.257 e. The Morgan fingerprint density at radius 2 is 2.16 bits per heavy atom. The van der Waals surface area contributed by atoms with Crippen LogP contribution in [0, 0.1) is 0 Å². The molecule has 3 heterocycles. The summed E-state index contributed by atoms with van der Waals surface area (Å²) in [6.45, 7) is 1.31. The normalized spacial score (nSPS) is 21.4. The lowest BCUT2D eigenvalue weighted by molar-refractivity contribution is -0.130.